The van der Waals surface area contributed by atoms with E-state index in [0.717, 1.165) is 33.5 Å². The summed E-state index contributed by atoms with van der Waals surface area (Å²) in [7, 11) is -5.59. The zero-order chi connectivity index (χ0) is 54.9. The molecule has 0 spiro atoms. The lowest BCUT2D eigenvalue weighted by Crippen LogP contribution is -2.74. The summed E-state index contributed by atoms with van der Waals surface area (Å²) in [5.74, 6) is 0.898. The van der Waals surface area contributed by atoms with Gasteiger partial charge in [0.2, 0.25) is 5.95 Å². The summed E-state index contributed by atoms with van der Waals surface area (Å²) in [6, 6.07) is 120. The van der Waals surface area contributed by atoms with E-state index in [0.29, 0.717) is 5.95 Å². The van der Waals surface area contributed by atoms with Crippen LogP contribution in [0.25, 0.3) is 50.3 Å². The SMILES string of the molecule is c1ccc([Si](c2ccccc2)(c2ccccc2)c2ccc(-c3cc(-c4ccc([Si](c5ccccc5)(c5ccccc5)c5ccccc5)cc4)nc(-n4c5ccccc5c5c6c(ccc54)C4c5ccccc5C6c5ccccc54)n3)cc2)cc1. The Morgan fingerprint density at radius 2 is 0.590 bits per heavy atom. The fourth-order valence-corrected chi connectivity index (χ4v) is 24.2. The van der Waals surface area contributed by atoms with Gasteiger partial charge in [0.1, 0.15) is 0 Å². The summed E-state index contributed by atoms with van der Waals surface area (Å²) in [6.07, 6.45) is 0. The Hall–Kier alpha value is -10.0. The minimum Gasteiger partial charge on any atom is -0.278 e. The van der Waals surface area contributed by atoms with Crippen LogP contribution in [0.5, 0.6) is 0 Å². The van der Waals surface area contributed by atoms with E-state index in [1.165, 1.54) is 85.6 Å². The van der Waals surface area contributed by atoms with E-state index in [-0.39, 0.29) is 11.8 Å². The first-order valence-corrected chi connectivity index (χ1v) is 32.9. The van der Waals surface area contributed by atoms with Gasteiger partial charge < -0.3 is 0 Å². The summed E-state index contributed by atoms with van der Waals surface area (Å²) in [4.78, 5) is 11.4. The van der Waals surface area contributed by atoms with E-state index >= 15 is 0 Å². The molecule has 0 saturated carbocycles. The number of rotatable bonds is 11. The van der Waals surface area contributed by atoms with Gasteiger partial charge in [-0.2, -0.15) is 0 Å². The van der Waals surface area contributed by atoms with Crippen molar-refractivity contribution in [1.29, 1.82) is 0 Å². The van der Waals surface area contributed by atoms with Gasteiger partial charge in [-0.25, -0.2) is 9.97 Å². The van der Waals surface area contributed by atoms with Gasteiger partial charge in [-0.05, 0) is 93.1 Å². The standard InChI is InChI=1S/C78H55N3Si2/c1-7-25-56(26-8-1)82(57-27-9-2-10-28-57,58-29-11-3-12-30-58)62-47-43-54(44-48-62)70-53-71(55-45-49-63(50-46-55)83(59-31-13-4-14-32-59,60-33-15-5-16-34-60)61-35-17-6-18-36-61)80-78(79-70)81-72-42-24-23-41-68(72)76-73(81)52-51-69-74-64-37-19-21-39-66(64)75(77(69)76)67-40-22-20-38-65(67)74/h1-53,74-75H. The molecule has 0 N–H and O–H groups in total. The molecule has 0 aliphatic heterocycles. The molecular formula is C78H55N3Si2. The van der Waals surface area contributed by atoms with Crippen LogP contribution < -0.4 is 41.5 Å². The Morgan fingerprint density at radius 3 is 0.976 bits per heavy atom. The van der Waals surface area contributed by atoms with E-state index < -0.39 is 16.1 Å². The van der Waals surface area contributed by atoms with Crippen LogP contribution in [0.2, 0.25) is 0 Å². The monoisotopic (exact) mass is 1090 g/mol. The fraction of sp³-hybridized carbons (Fsp3) is 0.0256. The number of fused-ring (bicyclic) bond motifs is 3. The van der Waals surface area contributed by atoms with Crippen LogP contribution >= 0.6 is 0 Å². The van der Waals surface area contributed by atoms with E-state index in [1.54, 1.807) is 0 Å². The largest absolute Gasteiger partial charge is 0.278 e. The van der Waals surface area contributed by atoms with Gasteiger partial charge >= 0.3 is 0 Å². The molecular weight excluding hydrogens is 1040 g/mol. The molecule has 83 heavy (non-hydrogen) atoms. The highest BCUT2D eigenvalue weighted by molar-refractivity contribution is 7.20. The van der Waals surface area contributed by atoms with Gasteiger partial charge in [0.15, 0.2) is 16.1 Å². The second-order valence-electron chi connectivity index (χ2n) is 22.2. The van der Waals surface area contributed by atoms with E-state index in [2.05, 4.69) is 326 Å². The molecule has 0 radical (unpaired) electrons. The third-order valence-corrected chi connectivity index (χ3v) is 27.7. The fourth-order valence-electron chi connectivity index (χ4n) is 14.7. The molecule has 3 aliphatic carbocycles. The maximum Gasteiger partial charge on any atom is 0.235 e. The van der Waals surface area contributed by atoms with Crippen molar-refractivity contribution < 1.29 is 0 Å². The van der Waals surface area contributed by atoms with Crippen molar-refractivity contribution in [3.05, 3.63) is 355 Å². The Kier molecular flexibility index (Phi) is 11.7. The van der Waals surface area contributed by atoms with Crippen molar-refractivity contribution in [3.8, 4) is 28.5 Å². The van der Waals surface area contributed by atoms with Crippen molar-refractivity contribution >= 4 is 79.4 Å². The average molecular weight is 1090 g/mol. The number of aromatic nitrogens is 3. The molecule has 0 amide bonds. The average Bonchev–Trinajstić information content (AvgIpc) is 2.56. The molecule has 2 aromatic heterocycles. The van der Waals surface area contributed by atoms with Gasteiger partial charge in [-0.15, -0.1) is 0 Å². The summed E-state index contributed by atoms with van der Waals surface area (Å²) < 4.78 is 2.34. The Morgan fingerprint density at radius 1 is 0.265 bits per heavy atom. The lowest BCUT2D eigenvalue weighted by molar-refractivity contribution is 0.761. The molecule has 17 rings (SSSR count). The molecule has 2 heterocycles. The maximum atomic E-state index is 5.72. The van der Waals surface area contributed by atoms with Gasteiger partial charge in [0.25, 0.3) is 0 Å². The molecule has 3 nitrogen and oxygen atoms in total. The predicted molar refractivity (Wildman–Crippen MR) is 349 cm³/mol. The molecule has 3 aliphatic rings. The first kappa shape index (κ1) is 48.8. The van der Waals surface area contributed by atoms with Crippen LogP contribution in [0.15, 0.2) is 322 Å². The van der Waals surface area contributed by atoms with Crippen LogP contribution in [0.1, 0.15) is 45.2 Å². The summed E-state index contributed by atoms with van der Waals surface area (Å²) in [6.45, 7) is 0. The van der Waals surface area contributed by atoms with Crippen molar-refractivity contribution in [3.63, 3.8) is 0 Å². The highest BCUT2D eigenvalue weighted by atomic mass is 28.3. The van der Waals surface area contributed by atoms with Gasteiger partial charge in [-0.1, -0.05) is 303 Å². The molecule has 14 aromatic rings. The lowest BCUT2D eigenvalue weighted by atomic mass is 9.60. The molecule has 390 valence electrons. The first-order valence-electron chi connectivity index (χ1n) is 28.9. The molecule has 0 unspecified atom stereocenters. The van der Waals surface area contributed by atoms with Gasteiger partial charge in [-0.3, -0.25) is 4.57 Å². The zero-order valence-electron chi connectivity index (χ0n) is 45.6. The van der Waals surface area contributed by atoms with E-state index in [1.807, 2.05) is 0 Å². The molecule has 5 heteroatoms. The third-order valence-electron chi connectivity index (χ3n) is 18.1. The summed E-state index contributed by atoms with van der Waals surface area (Å²) >= 11 is 0. The Bertz CT molecular complexity index is 4280. The lowest BCUT2D eigenvalue weighted by Gasteiger charge is -2.42. The minimum atomic E-state index is -2.79. The van der Waals surface area contributed by atoms with E-state index in [4.69, 9.17) is 9.97 Å². The molecule has 0 saturated heterocycles. The number of benzene rings is 12. The summed E-state index contributed by atoms with van der Waals surface area (Å²) in [5.41, 5.74) is 14.4. The zero-order valence-corrected chi connectivity index (χ0v) is 47.6. The number of hydrogen-bond donors (Lipinski definition) is 0. The molecule has 0 atom stereocenters. The smallest absolute Gasteiger partial charge is 0.235 e. The minimum absolute atomic E-state index is 0.0989. The highest BCUT2D eigenvalue weighted by Gasteiger charge is 2.45. The van der Waals surface area contributed by atoms with Gasteiger partial charge in [0, 0.05) is 33.7 Å². The normalized spacial score (nSPS) is 14.3. The van der Waals surface area contributed by atoms with Gasteiger partial charge in [0.05, 0.1) is 22.4 Å². The molecule has 0 fully saturated rings. The van der Waals surface area contributed by atoms with Crippen LogP contribution in [0.4, 0.5) is 0 Å². The van der Waals surface area contributed by atoms with Crippen molar-refractivity contribution in [1.82, 2.24) is 14.5 Å². The number of nitrogens with zero attached hydrogens (tertiary/aromatic N) is 3. The van der Waals surface area contributed by atoms with Crippen LogP contribution in [0.3, 0.4) is 0 Å². The van der Waals surface area contributed by atoms with Crippen molar-refractivity contribution in [2.24, 2.45) is 0 Å². The van der Waals surface area contributed by atoms with E-state index in [9.17, 15) is 0 Å². The first-order chi connectivity index (χ1) is 41.2. The van der Waals surface area contributed by atoms with Crippen LogP contribution in [-0.4, -0.2) is 30.7 Å². The quantitative estimate of drug-likeness (QED) is 0.0955. The number of hydrogen-bond acceptors (Lipinski definition) is 2. The Balaban J connectivity index is 0.917. The molecule has 12 aromatic carbocycles. The number of para-hydroxylation sites is 1. The maximum absolute atomic E-state index is 5.72. The predicted octanol–water partition coefficient (Wildman–Crippen LogP) is 12.6. The highest BCUT2D eigenvalue weighted by Crippen LogP contribution is 2.58. The van der Waals surface area contributed by atoms with Crippen molar-refractivity contribution in [2.45, 2.75) is 11.8 Å². The molecule has 2 bridgehead atoms. The topological polar surface area (TPSA) is 30.7 Å². The van der Waals surface area contributed by atoms with Crippen LogP contribution in [-0.2, 0) is 0 Å². The Labute approximate surface area is 486 Å². The second-order valence-corrected chi connectivity index (χ2v) is 29.8. The van der Waals surface area contributed by atoms with Crippen molar-refractivity contribution in [2.75, 3.05) is 0 Å². The summed E-state index contributed by atoms with van der Waals surface area (Å²) in [5, 5.41) is 13.1. The third kappa shape index (κ3) is 7.55. The van der Waals surface area contributed by atoms with Crippen LogP contribution in [0, 0.1) is 0 Å². The second kappa shape index (κ2) is 19.9.